The molecule has 2 fully saturated rings. The number of amides is 1. The van der Waals surface area contributed by atoms with E-state index in [1.165, 1.54) is 11.1 Å². The van der Waals surface area contributed by atoms with Crippen molar-refractivity contribution in [2.75, 3.05) is 13.1 Å². The Morgan fingerprint density at radius 2 is 1.70 bits per heavy atom. The molecule has 1 aliphatic carbocycles. The molecule has 3 nitrogen and oxygen atoms in total. The third kappa shape index (κ3) is 3.93. The van der Waals surface area contributed by atoms with Crippen molar-refractivity contribution in [3.8, 4) is 11.1 Å². The fourth-order valence-electron chi connectivity index (χ4n) is 4.28. The molecule has 0 aromatic heterocycles. The monoisotopic (exact) mass is 363 g/mol. The molecule has 1 heterocycles. The zero-order chi connectivity index (χ0) is 18.9. The Morgan fingerprint density at radius 3 is 2.30 bits per heavy atom. The van der Waals surface area contributed by atoms with E-state index in [4.69, 9.17) is 0 Å². The Hall–Kier alpha value is -2.13. The van der Waals surface area contributed by atoms with Crippen LogP contribution in [0.3, 0.4) is 0 Å². The van der Waals surface area contributed by atoms with Crippen LogP contribution < -0.4 is 0 Å². The highest BCUT2D eigenvalue weighted by atomic mass is 16.3. The van der Waals surface area contributed by atoms with Crippen molar-refractivity contribution in [3.63, 3.8) is 0 Å². The third-order valence-corrected chi connectivity index (χ3v) is 6.19. The molecule has 3 heteroatoms. The summed E-state index contributed by atoms with van der Waals surface area (Å²) in [4.78, 5) is 14.8. The maximum absolute atomic E-state index is 12.9. The Bertz CT molecular complexity index is 790. The first-order valence-corrected chi connectivity index (χ1v) is 10.3. The highest BCUT2D eigenvalue weighted by Gasteiger charge is 2.49. The van der Waals surface area contributed by atoms with Gasteiger partial charge in [-0.05, 0) is 60.9 Å². The van der Waals surface area contributed by atoms with E-state index >= 15 is 0 Å². The topological polar surface area (TPSA) is 40.5 Å². The van der Waals surface area contributed by atoms with Gasteiger partial charge in [-0.3, -0.25) is 4.79 Å². The van der Waals surface area contributed by atoms with Gasteiger partial charge in [-0.25, -0.2) is 0 Å². The van der Waals surface area contributed by atoms with Crippen LogP contribution >= 0.6 is 0 Å². The lowest BCUT2D eigenvalue weighted by Gasteiger charge is -2.35. The van der Waals surface area contributed by atoms with Gasteiger partial charge in [0, 0.05) is 24.6 Å². The average Bonchev–Trinajstić information content (AvgIpc) is 3.47. The van der Waals surface area contributed by atoms with Gasteiger partial charge in [0.1, 0.15) is 0 Å². The first-order valence-electron chi connectivity index (χ1n) is 10.3. The van der Waals surface area contributed by atoms with Crippen LogP contribution in [-0.4, -0.2) is 34.6 Å². The minimum absolute atomic E-state index is 0.0915. The summed E-state index contributed by atoms with van der Waals surface area (Å²) in [5.41, 5.74) is 3.93. The van der Waals surface area contributed by atoms with Crippen LogP contribution in [0.1, 0.15) is 54.9 Å². The van der Waals surface area contributed by atoms with Gasteiger partial charge >= 0.3 is 0 Å². The standard InChI is InChI=1S/C24H29NO2/c1-2-4-18-6-8-19(9-7-18)20-10-12-21(13-11-20)23(26)25-16-3-5-22(17-25)24(27)14-15-24/h6-13,22,27H,2-5,14-17H2,1H3. The van der Waals surface area contributed by atoms with E-state index in [0.717, 1.165) is 56.2 Å². The lowest BCUT2D eigenvalue weighted by Crippen LogP contribution is -2.44. The molecule has 1 aliphatic heterocycles. The second-order valence-corrected chi connectivity index (χ2v) is 8.22. The van der Waals surface area contributed by atoms with Crippen molar-refractivity contribution in [1.29, 1.82) is 0 Å². The summed E-state index contributed by atoms with van der Waals surface area (Å²) in [6.07, 6.45) is 6.08. The van der Waals surface area contributed by atoms with E-state index in [1.807, 2.05) is 29.2 Å². The Morgan fingerprint density at radius 1 is 1.07 bits per heavy atom. The highest BCUT2D eigenvalue weighted by molar-refractivity contribution is 5.94. The van der Waals surface area contributed by atoms with Crippen LogP contribution in [0.4, 0.5) is 0 Å². The Kier molecular flexibility index (Phi) is 5.05. The fraction of sp³-hybridized carbons (Fsp3) is 0.458. The number of rotatable bonds is 5. The SMILES string of the molecule is CCCc1ccc(-c2ccc(C(=O)N3CCCC(C4(O)CC4)C3)cc2)cc1. The molecule has 0 bridgehead atoms. The highest BCUT2D eigenvalue weighted by Crippen LogP contribution is 2.45. The zero-order valence-corrected chi connectivity index (χ0v) is 16.2. The summed E-state index contributed by atoms with van der Waals surface area (Å²) in [5, 5.41) is 10.4. The third-order valence-electron chi connectivity index (χ3n) is 6.19. The zero-order valence-electron chi connectivity index (χ0n) is 16.2. The summed E-state index contributed by atoms with van der Waals surface area (Å²) < 4.78 is 0. The molecular formula is C24H29NO2. The number of hydrogen-bond acceptors (Lipinski definition) is 2. The summed E-state index contributed by atoms with van der Waals surface area (Å²) in [6.45, 7) is 3.68. The maximum Gasteiger partial charge on any atom is 0.253 e. The van der Waals surface area contributed by atoms with Gasteiger partial charge in [0.15, 0.2) is 0 Å². The fourth-order valence-corrected chi connectivity index (χ4v) is 4.28. The number of aliphatic hydroxyl groups is 1. The quantitative estimate of drug-likeness (QED) is 0.838. The van der Waals surface area contributed by atoms with Crippen molar-refractivity contribution in [1.82, 2.24) is 4.90 Å². The van der Waals surface area contributed by atoms with Crippen molar-refractivity contribution < 1.29 is 9.90 Å². The number of carbonyl (C=O) groups is 1. The molecule has 2 aromatic rings. The molecule has 2 aliphatic rings. The molecule has 0 radical (unpaired) electrons. The van der Waals surface area contributed by atoms with Gasteiger partial charge in [-0.2, -0.15) is 0 Å². The first kappa shape index (κ1) is 18.2. The Labute approximate surface area is 162 Å². The van der Waals surface area contributed by atoms with E-state index in [2.05, 4.69) is 31.2 Å². The molecule has 1 atom stereocenters. The summed E-state index contributed by atoms with van der Waals surface area (Å²) in [7, 11) is 0. The second-order valence-electron chi connectivity index (χ2n) is 8.22. The Balaban J connectivity index is 1.44. The van der Waals surface area contributed by atoms with Gasteiger partial charge in [-0.1, -0.05) is 49.7 Å². The molecule has 4 rings (SSSR count). The van der Waals surface area contributed by atoms with Crippen molar-refractivity contribution in [3.05, 3.63) is 59.7 Å². The average molecular weight is 364 g/mol. The predicted octanol–water partition coefficient (Wildman–Crippen LogP) is 4.68. The number of benzene rings is 2. The molecule has 1 N–H and O–H groups in total. The van der Waals surface area contributed by atoms with Gasteiger partial charge in [0.05, 0.1) is 5.60 Å². The summed E-state index contributed by atoms with van der Waals surface area (Å²) >= 11 is 0. The maximum atomic E-state index is 12.9. The molecule has 1 saturated carbocycles. The lowest BCUT2D eigenvalue weighted by atomic mass is 9.90. The molecule has 1 saturated heterocycles. The van der Waals surface area contributed by atoms with Gasteiger partial charge in [0.25, 0.3) is 5.91 Å². The minimum Gasteiger partial charge on any atom is -0.390 e. The molecule has 1 amide bonds. The van der Waals surface area contributed by atoms with E-state index < -0.39 is 5.60 Å². The second kappa shape index (κ2) is 7.47. The number of aryl methyl sites for hydroxylation is 1. The molecule has 0 spiro atoms. The summed E-state index contributed by atoms with van der Waals surface area (Å²) in [6, 6.07) is 16.7. The smallest absolute Gasteiger partial charge is 0.253 e. The number of nitrogens with zero attached hydrogens (tertiary/aromatic N) is 1. The van der Waals surface area contributed by atoms with Gasteiger partial charge in [-0.15, -0.1) is 0 Å². The minimum atomic E-state index is -0.493. The number of hydrogen-bond donors (Lipinski definition) is 1. The van der Waals surface area contributed by atoms with E-state index in [1.54, 1.807) is 0 Å². The van der Waals surface area contributed by atoms with Crippen LogP contribution in [0.25, 0.3) is 11.1 Å². The predicted molar refractivity (Wildman–Crippen MR) is 109 cm³/mol. The molecule has 2 aromatic carbocycles. The van der Waals surface area contributed by atoms with Crippen LogP contribution in [-0.2, 0) is 6.42 Å². The van der Waals surface area contributed by atoms with E-state index in [9.17, 15) is 9.90 Å². The van der Waals surface area contributed by atoms with Crippen molar-refractivity contribution in [2.24, 2.45) is 5.92 Å². The lowest BCUT2D eigenvalue weighted by molar-refractivity contribution is 0.0282. The van der Waals surface area contributed by atoms with Crippen LogP contribution in [0, 0.1) is 5.92 Å². The molecule has 1 unspecified atom stereocenters. The van der Waals surface area contributed by atoms with Crippen molar-refractivity contribution in [2.45, 2.75) is 51.0 Å². The number of carbonyl (C=O) groups excluding carboxylic acids is 1. The van der Waals surface area contributed by atoms with Crippen LogP contribution in [0.2, 0.25) is 0 Å². The van der Waals surface area contributed by atoms with Crippen LogP contribution in [0.15, 0.2) is 48.5 Å². The summed E-state index contributed by atoms with van der Waals surface area (Å²) in [5.74, 6) is 0.338. The van der Waals surface area contributed by atoms with Gasteiger partial charge in [0.2, 0.25) is 0 Å². The molecule has 27 heavy (non-hydrogen) atoms. The van der Waals surface area contributed by atoms with Gasteiger partial charge < -0.3 is 10.0 Å². The van der Waals surface area contributed by atoms with Crippen LogP contribution in [0.5, 0.6) is 0 Å². The number of likely N-dealkylation sites (tertiary alicyclic amines) is 1. The number of piperidine rings is 1. The largest absolute Gasteiger partial charge is 0.390 e. The molecule has 142 valence electrons. The normalized spacial score (nSPS) is 21.1. The van der Waals surface area contributed by atoms with E-state index in [-0.39, 0.29) is 11.8 Å². The van der Waals surface area contributed by atoms with Crippen molar-refractivity contribution >= 4 is 5.91 Å². The van der Waals surface area contributed by atoms with E-state index in [0.29, 0.717) is 6.54 Å². The molecular weight excluding hydrogens is 334 g/mol. The first-order chi connectivity index (χ1) is 13.1.